The minimum absolute atomic E-state index is 0.176. The fourth-order valence-electron chi connectivity index (χ4n) is 3.22. The van der Waals surface area contributed by atoms with E-state index in [0.717, 1.165) is 30.2 Å². The molecule has 0 atom stereocenters. The third-order valence-electron chi connectivity index (χ3n) is 4.69. The minimum atomic E-state index is -0.370. The molecule has 2 amide bonds. The number of ether oxygens (including phenoxy) is 1. The summed E-state index contributed by atoms with van der Waals surface area (Å²) in [5, 5.41) is 6.49. The highest BCUT2D eigenvalue weighted by Crippen LogP contribution is 2.28. The van der Waals surface area contributed by atoms with Crippen molar-refractivity contribution >= 4 is 56.6 Å². The number of carbonyl (C=O) groups excluding carboxylic acids is 2. The van der Waals surface area contributed by atoms with Crippen LogP contribution in [-0.2, 0) is 4.79 Å². The molecule has 1 aliphatic rings. The molecule has 2 N–H and O–H groups in total. The Labute approximate surface area is 188 Å². The van der Waals surface area contributed by atoms with Crippen LogP contribution in [-0.4, -0.2) is 24.5 Å². The topological polar surface area (TPSA) is 67.4 Å². The first-order valence-electron chi connectivity index (χ1n) is 9.40. The maximum absolute atomic E-state index is 12.6. The van der Waals surface area contributed by atoms with Crippen LogP contribution in [0.5, 0.6) is 5.75 Å². The number of anilines is 1. The molecular weight excluding hydrogens is 479 g/mol. The maximum Gasteiger partial charge on any atom is 0.262 e. The average molecular weight is 500 g/mol. The largest absolute Gasteiger partial charge is 0.482 e. The molecule has 0 aliphatic heterocycles. The number of hydrogen-bond acceptors (Lipinski definition) is 3. The lowest BCUT2D eigenvalue weighted by Gasteiger charge is -2.23. The fraction of sp³-hybridized carbons (Fsp3) is 0.333. The van der Waals surface area contributed by atoms with Crippen molar-refractivity contribution in [3.63, 3.8) is 0 Å². The average Bonchev–Trinajstić information content (AvgIpc) is 2.69. The van der Waals surface area contributed by atoms with Gasteiger partial charge in [-0.2, -0.15) is 0 Å². The Hall–Kier alpha value is -1.76. The zero-order valence-electron chi connectivity index (χ0n) is 15.6. The van der Waals surface area contributed by atoms with Gasteiger partial charge in [-0.3, -0.25) is 9.59 Å². The van der Waals surface area contributed by atoms with Crippen molar-refractivity contribution in [1.29, 1.82) is 0 Å². The summed E-state index contributed by atoms with van der Waals surface area (Å²) in [6.45, 7) is -0.215. The Morgan fingerprint density at radius 2 is 1.79 bits per heavy atom. The molecule has 0 unspecified atom stereocenters. The van der Waals surface area contributed by atoms with Crippen LogP contribution in [0.15, 0.2) is 40.9 Å². The van der Waals surface area contributed by atoms with Gasteiger partial charge in [0.1, 0.15) is 5.75 Å². The van der Waals surface area contributed by atoms with Crippen molar-refractivity contribution in [3.05, 3.63) is 56.5 Å². The quantitative estimate of drug-likeness (QED) is 0.524. The number of nitrogens with one attached hydrogen (secondary N) is 2. The third-order valence-corrected chi connectivity index (χ3v) is 5.81. The van der Waals surface area contributed by atoms with Gasteiger partial charge < -0.3 is 15.4 Å². The zero-order valence-corrected chi connectivity index (χ0v) is 18.7. The van der Waals surface area contributed by atoms with Crippen molar-refractivity contribution in [2.45, 2.75) is 38.1 Å². The highest BCUT2D eigenvalue weighted by atomic mass is 79.9. The normalized spacial score (nSPS) is 14.3. The Morgan fingerprint density at radius 1 is 1.03 bits per heavy atom. The van der Waals surface area contributed by atoms with Crippen LogP contribution in [0.3, 0.4) is 0 Å². The summed E-state index contributed by atoms with van der Waals surface area (Å²) in [5.41, 5.74) is 0.811. The van der Waals surface area contributed by atoms with Gasteiger partial charge in [0.2, 0.25) is 0 Å². The van der Waals surface area contributed by atoms with Crippen molar-refractivity contribution in [3.8, 4) is 5.75 Å². The molecule has 8 heteroatoms. The number of halogens is 3. The van der Waals surface area contributed by atoms with Gasteiger partial charge in [-0.1, -0.05) is 58.4 Å². The molecule has 0 bridgehead atoms. The summed E-state index contributed by atoms with van der Waals surface area (Å²) in [6.07, 6.45) is 5.42. The minimum Gasteiger partial charge on any atom is -0.482 e. The number of rotatable bonds is 6. The van der Waals surface area contributed by atoms with Crippen molar-refractivity contribution in [2.75, 3.05) is 11.9 Å². The second-order valence-corrected chi connectivity index (χ2v) is 8.64. The molecule has 3 rings (SSSR count). The first-order valence-corrected chi connectivity index (χ1v) is 11.0. The molecule has 1 aliphatic carbocycles. The van der Waals surface area contributed by atoms with E-state index < -0.39 is 0 Å². The van der Waals surface area contributed by atoms with E-state index in [9.17, 15) is 9.59 Å². The predicted molar refractivity (Wildman–Crippen MR) is 119 cm³/mol. The zero-order chi connectivity index (χ0) is 20.8. The van der Waals surface area contributed by atoms with E-state index in [1.807, 2.05) is 0 Å². The van der Waals surface area contributed by atoms with Crippen LogP contribution >= 0.6 is 39.1 Å². The summed E-state index contributed by atoms with van der Waals surface area (Å²) < 4.78 is 6.28. The monoisotopic (exact) mass is 498 g/mol. The highest BCUT2D eigenvalue weighted by Gasteiger charge is 2.19. The number of benzene rings is 2. The van der Waals surface area contributed by atoms with Gasteiger partial charge in [0.25, 0.3) is 11.8 Å². The first kappa shape index (κ1) is 21.9. The Bertz CT molecular complexity index is 901. The smallest absolute Gasteiger partial charge is 0.262 e. The van der Waals surface area contributed by atoms with E-state index in [-0.39, 0.29) is 24.5 Å². The lowest BCUT2D eigenvalue weighted by molar-refractivity contribution is -0.118. The highest BCUT2D eigenvalue weighted by molar-refractivity contribution is 9.10. The van der Waals surface area contributed by atoms with E-state index >= 15 is 0 Å². The molecule has 1 fully saturated rings. The van der Waals surface area contributed by atoms with Gasteiger partial charge in [0.05, 0.1) is 15.6 Å². The van der Waals surface area contributed by atoms with Crippen LogP contribution in [0.2, 0.25) is 10.0 Å². The van der Waals surface area contributed by atoms with Crippen molar-refractivity contribution < 1.29 is 14.3 Å². The standard InChI is InChI=1S/C21H21BrCl2N2O3/c22-13-6-9-19(18(24)10-13)29-12-20(27)25-15-7-8-17(23)16(11-15)21(28)26-14-4-2-1-3-5-14/h6-11,14H,1-5,12H2,(H,25,27)(H,26,28). The lowest BCUT2D eigenvalue weighted by Crippen LogP contribution is -2.36. The van der Waals surface area contributed by atoms with Gasteiger partial charge in [-0.25, -0.2) is 0 Å². The molecule has 29 heavy (non-hydrogen) atoms. The lowest BCUT2D eigenvalue weighted by atomic mass is 9.95. The number of hydrogen-bond donors (Lipinski definition) is 2. The maximum atomic E-state index is 12.6. The number of amides is 2. The molecule has 0 aromatic heterocycles. The molecule has 0 spiro atoms. The molecular formula is C21H21BrCl2N2O3. The van der Waals surface area contributed by atoms with Crippen LogP contribution in [0.25, 0.3) is 0 Å². The van der Waals surface area contributed by atoms with Crippen LogP contribution < -0.4 is 15.4 Å². The van der Waals surface area contributed by atoms with Crippen molar-refractivity contribution in [1.82, 2.24) is 5.32 Å². The number of carbonyl (C=O) groups is 2. The van der Waals surface area contributed by atoms with E-state index in [1.54, 1.807) is 36.4 Å². The molecule has 0 heterocycles. The third kappa shape index (κ3) is 6.36. The van der Waals surface area contributed by atoms with Gasteiger partial charge in [0.15, 0.2) is 6.61 Å². The SMILES string of the molecule is O=C(COc1ccc(Br)cc1Cl)Nc1ccc(Cl)c(C(=O)NC2CCCCC2)c1. The van der Waals surface area contributed by atoms with Crippen LogP contribution in [0, 0.1) is 0 Å². The summed E-state index contributed by atoms with van der Waals surface area (Å²) in [6, 6.07) is 10.1. The summed E-state index contributed by atoms with van der Waals surface area (Å²) in [4.78, 5) is 24.8. The second-order valence-electron chi connectivity index (χ2n) is 6.91. The molecule has 154 valence electrons. The van der Waals surface area contributed by atoms with Gasteiger partial charge in [-0.15, -0.1) is 0 Å². The van der Waals surface area contributed by atoms with E-state index in [1.165, 1.54) is 6.42 Å². The predicted octanol–water partition coefficient (Wildman–Crippen LogP) is 5.84. The Morgan fingerprint density at radius 3 is 2.52 bits per heavy atom. The van der Waals surface area contributed by atoms with Gasteiger partial charge >= 0.3 is 0 Å². The molecule has 1 saturated carbocycles. The summed E-state index contributed by atoms with van der Waals surface area (Å²) in [7, 11) is 0. The van der Waals surface area contributed by atoms with E-state index in [0.29, 0.717) is 27.0 Å². The first-order chi connectivity index (χ1) is 13.9. The molecule has 5 nitrogen and oxygen atoms in total. The summed E-state index contributed by atoms with van der Waals surface area (Å²) in [5.74, 6) is -0.186. The van der Waals surface area contributed by atoms with Crippen LogP contribution in [0.4, 0.5) is 5.69 Å². The fourth-order valence-corrected chi connectivity index (χ4v) is 4.15. The van der Waals surface area contributed by atoms with Crippen LogP contribution in [0.1, 0.15) is 42.5 Å². The Kier molecular flexibility index (Phi) is 7.81. The Balaban J connectivity index is 1.59. The van der Waals surface area contributed by atoms with Crippen molar-refractivity contribution in [2.24, 2.45) is 0 Å². The van der Waals surface area contributed by atoms with Gasteiger partial charge in [-0.05, 0) is 49.2 Å². The molecule has 2 aromatic carbocycles. The van der Waals surface area contributed by atoms with Gasteiger partial charge in [0, 0.05) is 16.2 Å². The summed E-state index contributed by atoms with van der Waals surface area (Å²) >= 11 is 15.6. The molecule has 0 radical (unpaired) electrons. The molecule has 2 aromatic rings. The molecule has 0 saturated heterocycles. The van der Waals surface area contributed by atoms with E-state index in [4.69, 9.17) is 27.9 Å². The van der Waals surface area contributed by atoms with E-state index in [2.05, 4.69) is 26.6 Å². The second kappa shape index (κ2) is 10.3.